The summed E-state index contributed by atoms with van der Waals surface area (Å²) in [6.07, 6.45) is 4.14. The second-order valence-electron chi connectivity index (χ2n) is 4.99. The average Bonchev–Trinajstić information content (AvgIpc) is 2.44. The molecule has 0 aromatic carbocycles. The Hall–Kier alpha value is -0.650. The monoisotopic (exact) mass is 288 g/mol. The Labute approximate surface area is 123 Å². The van der Waals surface area contributed by atoms with Gasteiger partial charge in [0.25, 0.3) is 0 Å². The van der Waals surface area contributed by atoms with Gasteiger partial charge in [0.2, 0.25) is 5.91 Å². The van der Waals surface area contributed by atoms with E-state index in [1.807, 2.05) is 13.8 Å². The van der Waals surface area contributed by atoms with Gasteiger partial charge in [0.15, 0.2) is 0 Å². The number of hydrogen-bond donors (Lipinski definition) is 2. The van der Waals surface area contributed by atoms with Crippen molar-refractivity contribution in [3.05, 3.63) is 0 Å². The highest BCUT2D eigenvalue weighted by molar-refractivity contribution is 5.78. The lowest BCUT2D eigenvalue weighted by Crippen LogP contribution is -2.40. The fraction of sp³-hybridized carbons (Fsp3) is 0.933. The molecule has 20 heavy (non-hydrogen) atoms. The lowest BCUT2D eigenvalue weighted by atomic mass is 10.2. The molecule has 5 heteroatoms. The molecule has 0 aromatic heterocycles. The number of amides is 1. The molecular weight excluding hydrogens is 256 g/mol. The molecule has 5 nitrogen and oxygen atoms in total. The van der Waals surface area contributed by atoms with Crippen molar-refractivity contribution in [2.45, 2.75) is 52.6 Å². The Bertz CT molecular complexity index is 233. The van der Waals surface area contributed by atoms with Crippen molar-refractivity contribution in [2.75, 3.05) is 39.4 Å². The summed E-state index contributed by atoms with van der Waals surface area (Å²) in [4.78, 5) is 13.5. The number of carbonyl (C=O) groups excluding carboxylic acids is 1. The Morgan fingerprint density at radius 1 is 1.20 bits per heavy atom. The van der Waals surface area contributed by atoms with E-state index in [-0.39, 0.29) is 12.5 Å². The highest BCUT2D eigenvalue weighted by atomic mass is 16.5. The first-order valence-corrected chi connectivity index (χ1v) is 7.89. The van der Waals surface area contributed by atoms with E-state index in [4.69, 9.17) is 4.74 Å². The van der Waals surface area contributed by atoms with Crippen molar-refractivity contribution in [3.63, 3.8) is 0 Å². The zero-order chi connectivity index (χ0) is 15.2. The second-order valence-corrected chi connectivity index (χ2v) is 4.99. The quantitative estimate of drug-likeness (QED) is 0.503. The van der Waals surface area contributed by atoms with Crippen LogP contribution in [0.4, 0.5) is 0 Å². The van der Waals surface area contributed by atoms with Crippen LogP contribution in [0, 0.1) is 0 Å². The van der Waals surface area contributed by atoms with Gasteiger partial charge in [-0.15, -0.1) is 0 Å². The zero-order valence-electron chi connectivity index (χ0n) is 13.4. The molecule has 0 bridgehead atoms. The van der Waals surface area contributed by atoms with Crippen molar-refractivity contribution in [3.8, 4) is 0 Å². The van der Waals surface area contributed by atoms with Crippen molar-refractivity contribution in [2.24, 2.45) is 0 Å². The van der Waals surface area contributed by atoms with Crippen molar-refractivity contribution < 1.29 is 14.6 Å². The van der Waals surface area contributed by atoms with Crippen LogP contribution in [0.15, 0.2) is 0 Å². The molecule has 1 atom stereocenters. The van der Waals surface area contributed by atoms with E-state index in [9.17, 15) is 9.90 Å². The van der Waals surface area contributed by atoms with Crippen LogP contribution < -0.4 is 5.32 Å². The first-order chi connectivity index (χ1) is 9.65. The molecule has 0 aliphatic rings. The van der Waals surface area contributed by atoms with Gasteiger partial charge >= 0.3 is 0 Å². The summed E-state index contributed by atoms with van der Waals surface area (Å²) in [5.41, 5.74) is 0. The van der Waals surface area contributed by atoms with E-state index < -0.39 is 6.10 Å². The van der Waals surface area contributed by atoms with Gasteiger partial charge in [0.1, 0.15) is 0 Å². The summed E-state index contributed by atoms with van der Waals surface area (Å²) in [5.74, 6) is 0.0719. The largest absolute Gasteiger partial charge is 0.389 e. The molecule has 1 unspecified atom stereocenters. The fourth-order valence-electron chi connectivity index (χ4n) is 1.94. The third-order valence-electron chi connectivity index (χ3n) is 3.22. The van der Waals surface area contributed by atoms with Gasteiger partial charge in [-0.3, -0.25) is 4.79 Å². The van der Waals surface area contributed by atoms with Crippen LogP contribution in [0.5, 0.6) is 0 Å². The lowest BCUT2D eigenvalue weighted by molar-refractivity contribution is -0.129. The number of rotatable bonds is 13. The van der Waals surface area contributed by atoms with Crippen LogP contribution in [0.2, 0.25) is 0 Å². The second kappa shape index (κ2) is 13.3. The summed E-state index contributed by atoms with van der Waals surface area (Å²) in [5, 5.41) is 12.7. The SMILES string of the molecule is CCCCCCOCC(O)CNCC(=O)N(CC)CC. The molecule has 1 amide bonds. The number of hydrogen-bond acceptors (Lipinski definition) is 4. The number of likely N-dealkylation sites (N-methyl/N-ethyl adjacent to an activating group) is 1. The molecule has 0 fully saturated rings. The van der Waals surface area contributed by atoms with Crippen LogP contribution in [0.3, 0.4) is 0 Å². The van der Waals surface area contributed by atoms with Crippen LogP contribution in [-0.4, -0.2) is 61.4 Å². The van der Waals surface area contributed by atoms with Crippen LogP contribution in [0.1, 0.15) is 46.5 Å². The van der Waals surface area contributed by atoms with Crippen molar-refractivity contribution in [1.82, 2.24) is 10.2 Å². The molecule has 2 N–H and O–H groups in total. The van der Waals surface area contributed by atoms with Crippen molar-refractivity contribution >= 4 is 5.91 Å². The normalized spacial score (nSPS) is 12.4. The summed E-state index contributed by atoms with van der Waals surface area (Å²) in [6.45, 7) is 9.24. The fourth-order valence-corrected chi connectivity index (χ4v) is 1.94. The predicted molar refractivity (Wildman–Crippen MR) is 81.8 cm³/mol. The van der Waals surface area contributed by atoms with Crippen LogP contribution in [0.25, 0.3) is 0 Å². The Balaban J connectivity index is 3.48. The highest BCUT2D eigenvalue weighted by Crippen LogP contribution is 1.99. The molecule has 0 radical (unpaired) electrons. The number of nitrogens with one attached hydrogen (secondary N) is 1. The molecular formula is C15H32N2O3. The van der Waals surface area contributed by atoms with E-state index in [1.54, 1.807) is 4.90 Å². The Morgan fingerprint density at radius 2 is 1.90 bits per heavy atom. The Kier molecular flexibility index (Phi) is 12.9. The van der Waals surface area contributed by atoms with Gasteiger partial charge in [0, 0.05) is 26.2 Å². The predicted octanol–water partition coefficient (Wildman–Crippen LogP) is 1.40. The summed E-state index contributed by atoms with van der Waals surface area (Å²) in [6, 6.07) is 0. The number of aliphatic hydroxyl groups is 1. The third kappa shape index (κ3) is 10.2. The summed E-state index contributed by atoms with van der Waals surface area (Å²) in [7, 11) is 0. The van der Waals surface area contributed by atoms with E-state index in [1.165, 1.54) is 19.3 Å². The van der Waals surface area contributed by atoms with Gasteiger partial charge in [-0.25, -0.2) is 0 Å². The van der Waals surface area contributed by atoms with Gasteiger partial charge in [-0.2, -0.15) is 0 Å². The average molecular weight is 288 g/mol. The number of aliphatic hydroxyl groups excluding tert-OH is 1. The maximum absolute atomic E-state index is 11.7. The topological polar surface area (TPSA) is 61.8 Å². The van der Waals surface area contributed by atoms with E-state index in [0.29, 0.717) is 19.8 Å². The molecule has 0 heterocycles. The first kappa shape index (κ1) is 19.4. The van der Waals surface area contributed by atoms with Gasteiger partial charge in [-0.1, -0.05) is 26.2 Å². The third-order valence-corrected chi connectivity index (χ3v) is 3.22. The number of ether oxygens (including phenoxy) is 1. The minimum absolute atomic E-state index is 0.0719. The Morgan fingerprint density at radius 3 is 2.50 bits per heavy atom. The molecule has 0 aromatic rings. The molecule has 0 saturated heterocycles. The van der Waals surface area contributed by atoms with E-state index >= 15 is 0 Å². The molecule has 0 spiro atoms. The molecule has 0 aliphatic heterocycles. The first-order valence-electron chi connectivity index (χ1n) is 7.89. The maximum atomic E-state index is 11.7. The number of carbonyl (C=O) groups is 1. The summed E-state index contributed by atoms with van der Waals surface area (Å²) >= 11 is 0. The maximum Gasteiger partial charge on any atom is 0.236 e. The molecule has 120 valence electrons. The van der Waals surface area contributed by atoms with Gasteiger partial charge in [-0.05, 0) is 20.3 Å². The van der Waals surface area contributed by atoms with E-state index in [2.05, 4.69) is 12.2 Å². The van der Waals surface area contributed by atoms with Crippen LogP contribution in [-0.2, 0) is 9.53 Å². The van der Waals surface area contributed by atoms with Gasteiger partial charge < -0.3 is 20.1 Å². The molecule has 0 aliphatic carbocycles. The molecule has 0 saturated carbocycles. The molecule has 0 rings (SSSR count). The van der Waals surface area contributed by atoms with Crippen molar-refractivity contribution in [1.29, 1.82) is 0 Å². The highest BCUT2D eigenvalue weighted by Gasteiger charge is 2.10. The van der Waals surface area contributed by atoms with E-state index in [0.717, 1.165) is 19.5 Å². The number of unbranched alkanes of at least 4 members (excludes halogenated alkanes) is 3. The van der Waals surface area contributed by atoms with Gasteiger partial charge in [0.05, 0.1) is 19.3 Å². The smallest absolute Gasteiger partial charge is 0.236 e. The standard InChI is InChI=1S/C15H32N2O3/c1-4-7-8-9-10-20-13-14(18)11-16-12-15(19)17(5-2)6-3/h14,16,18H,4-13H2,1-3H3. The van der Waals surface area contributed by atoms with Crippen LogP contribution >= 0.6 is 0 Å². The number of nitrogens with zero attached hydrogens (tertiary/aromatic N) is 1. The minimum Gasteiger partial charge on any atom is -0.389 e. The summed E-state index contributed by atoms with van der Waals surface area (Å²) < 4.78 is 5.40. The minimum atomic E-state index is -0.550. The lowest BCUT2D eigenvalue weighted by Gasteiger charge is -2.19. The zero-order valence-corrected chi connectivity index (χ0v) is 13.4.